The first-order valence-corrected chi connectivity index (χ1v) is 9.58. The number of amides is 1. The molecule has 3 N–H and O–H groups in total. The number of ether oxygens (including phenoxy) is 1. The molecular formula is C21H19FN6O3. The first-order valence-electron chi connectivity index (χ1n) is 9.58. The maximum Gasteiger partial charge on any atom is 0.338 e. The minimum absolute atomic E-state index is 0.0507. The highest BCUT2D eigenvalue weighted by Gasteiger charge is 2.21. The predicted octanol–water partition coefficient (Wildman–Crippen LogP) is 2.82. The molecule has 10 heteroatoms. The van der Waals surface area contributed by atoms with Crippen LogP contribution in [-0.4, -0.2) is 33.4 Å². The molecule has 0 radical (unpaired) electrons. The number of nitrogens with two attached hydrogens (primary N) is 1. The molecule has 1 aliphatic rings. The number of rotatable bonds is 6. The van der Waals surface area contributed by atoms with Gasteiger partial charge in [-0.1, -0.05) is 0 Å². The van der Waals surface area contributed by atoms with Crippen molar-refractivity contribution in [1.82, 2.24) is 15.0 Å². The van der Waals surface area contributed by atoms with E-state index in [1.165, 1.54) is 24.3 Å². The summed E-state index contributed by atoms with van der Waals surface area (Å²) in [6, 6.07) is 12.3. The Balaban J connectivity index is 1.39. The number of esters is 1. The Morgan fingerprint density at radius 1 is 1.10 bits per heavy atom. The van der Waals surface area contributed by atoms with E-state index in [1.807, 2.05) is 0 Å². The van der Waals surface area contributed by atoms with Crippen LogP contribution in [-0.2, 0) is 16.1 Å². The van der Waals surface area contributed by atoms with Gasteiger partial charge in [0.1, 0.15) is 5.82 Å². The van der Waals surface area contributed by atoms with Gasteiger partial charge in [-0.2, -0.15) is 15.0 Å². The molecule has 0 bridgehead atoms. The molecule has 1 aromatic heterocycles. The number of halogens is 1. The van der Waals surface area contributed by atoms with Crippen LogP contribution in [0.5, 0.6) is 0 Å². The second-order valence-corrected chi connectivity index (χ2v) is 6.84. The number of carbonyl (C=O) groups is 2. The van der Waals surface area contributed by atoms with Crippen molar-refractivity contribution in [2.45, 2.75) is 19.4 Å². The quantitative estimate of drug-likeness (QED) is 0.581. The van der Waals surface area contributed by atoms with Crippen molar-refractivity contribution < 1.29 is 18.7 Å². The van der Waals surface area contributed by atoms with Gasteiger partial charge in [0.2, 0.25) is 17.8 Å². The van der Waals surface area contributed by atoms with Crippen LogP contribution in [0.4, 0.5) is 27.7 Å². The Hall–Kier alpha value is -4.08. The summed E-state index contributed by atoms with van der Waals surface area (Å²) in [7, 11) is 0. The van der Waals surface area contributed by atoms with Gasteiger partial charge in [0.25, 0.3) is 0 Å². The number of nitrogens with one attached hydrogen (secondary N) is 1. The van der Waals surface area contributed by atoms with E-state index in [-0.39, 0.29) is 36.1 Å². The smallest absolute Gasteiger partial charge is 0.338 e. The zero-order valence-electron chi connectivity index (χ0n) is 16.4. The molecule has 1 aliphatic heterocycles. The standard InChI is InChI=1S/C21H19FN6O3/c22-14-5-7-15(8-6-14)24-21-26-17(25-20(23)27-21)12-31-19(30)13-3-9-16(10-4-13)28-11-1-2-18(28)29/h3-10H,1-2,11-12H2,(H3,23,24,25,26,27). The largest absolute Gasteiger partial charge is 0.454 e. The number of hydrogen-bond donors (Lipinski definition) is 2. The first kappa shape index (κ1) is 20.2. The zero-order chi connectivity index (χ0) is 21.8. The second-order valence-electron chi connectivity index (χ2n) is 6.84. The molecule has 1 amide bonds. The number of nitrogen functional groups attached to an aromatic ring is 1. The maximum atomic E-state index is 13.0. The van der Waals surface area contributed by atoms with Crippen LogP contribution in [0.25, 0.3) is 0 Å². The van der Waals surface area contributed by atoms with Crippen molar-refractivity contribution in [2.24, 2.45) is 0 Å². The topological polar surface area (TPSA) is 123 Å². The van der Waals surface area contributed by atoms with Crippen molar-refractivity contribution in [1.29, 1.82) is 0 Å². The number of benzene rings is 2. The number of hydrogen-bond acceptors (Lipinski definition) is 8. The van der Waals surface area contributed by atoms with Crippen LogP contribution >= 0.6 is 0 Å². The molecular weight excluding hydrogens is 403 g/mol. The lowest BCUT2D eigenvalue weighted by Gasteiger charge is -2.15. The van der Waals surface area contributed by atoms with Gasteiger partial charge >= 0.3 is 5.97 Å². The lowest BCUT2D eigenvalue weighted by atomic mass is 10.2. The lowest BCUT2D eigenvalue weighted by Crippen LogP contribution is -2.23. The predicted molar refractivity (Wildman–Crippen MR) is 111 cm³/mol. The fraction of sp³-hybridized carbons (Fsp3) is 0.190. The summed E-state index contributed by atoms with van der Waals surface area (Å²) < 4.78 is 18.3. The van der Waals surface area contributed by atoms with Gasteiger partial charge in [-0.3, -0.25) is 4.79 Å². The third kappa shape index (κ3) is 4.92. The summed E-state index contributed by atoms with van der Waals surface area (Å²) in [5.74, 6) is -0.604. The van der Waals surface area contributed by atoms with Crippen molar-refractivity contribution in [3.05, 3.63) is 65.7 Å². The van der Waals surface area contributed by atoms with E-state index < -0.39 is 5.97 Å². The fourth-order valence-corrected chi connectivity index (χ4v) is 3.13. The van der Waals surface area contributed by atoms with Gasteiger partial charge in [-0.25, -0.2) is 9.18 Å². The number of aromatic nitrogens is 3. The van der Waals surface area contributed by atoms with Crippen molar-refractivity contribution in [2.75, 3.05) is 22.5 Å². The normalized spacial score (nSPS) is 13.3. The maximum absolute atomic E-state index is 13.0. The van der Waals surface area contributed by atoms with Crippen LogP contribution < -0.4 is 16.0 Å². The molecule has 0 saturated carbocycles. The molecule has 158 valence electrons. The highest BCUT2D eigenvalue weighted by molar-refractivity contribution is 5.96. The zero-order valence-corrected chi connectivity index (χ0v) is 16.4. The Kier molecular flexibility index (Phi) is 5.69. The minimum atomic E-state index is -0.564. The third-order valence-electron chi connectivity index (χ3n) is 4.62. The van der Waals surface area contributed by atoms with Gasteiger partial charge in [0, 0.05) is 24.3 Å². The van der Waals surface area contributed by atoms with Crippen molar-refractivity contribution >= 4 is 35.1 Å². The van der Waals surface area contributed by atoms with Crippen LogP contribution in [0.2, 0.25) is 0 Å². The van der Waals surface area contributed by atoms with E-state index in [2.05, 4.69) is 20.3 Å². The van der Waals surface area contributed by atoms with E-state index in [1.54, 1.807) is 29.2 Å². The summed E-state index contributed by atoms with van der Waals surface area (Å²) >= 11 is 0. The average Bonchev–Trinajstić information content (AvgIpc) is 3.19. The summed E-state index contributed by atoms with van der Waals surface area (Å²) in [5, 5.41) is 2.89. The fourth-order valence-electron chi connectivity index (χ4n) is 3.13. The van der Waals surface area contributed by atoms with E-state index in [0.717, 1.165) is 12.1 Å². The molecule has 1 saturated heterocycles. The average molecular weight is 422 g/mol. The molecule has 0 atom stereocenters. The summed E-state index contributed by atoms with van der Waals surface area (Å²) in [6.45, 7) is 0.466. The first-order chi connectivity index (χ1) is 15.0. The van der Waals surface area contributed by atoms with Gasteiger partial charge in [-0.15, -0.1) is 0 Å². The lowest BCUT2D eigenvalue weighted by molar-refractivity contribution is -0.117. The molecule has 3 aromatic rings. The van der Waals surface area contributed by atoms with Crippen LogP contribution in [0.15, 0.2) is 48.5 Å². The SMILES string of the molecule is Nc1nc(COC(=O)c2ccc(N3CCCC3=O)cc2)nc(Nc2ccc(F)cc2)n1. The van der Waals surface area contributed by atoms with Gasteiger partial charge in [0.15, 0.2) is 12.4 Å². The van der Waals surface area contributed by atoms with Gasteiger partial charge < -0.3 is 20.7 Å². The molecule has 4 rings (SSSR count). The highest BCUT2D eigenvalue weighted by Crippen LogP contribution is 2.22. The summed E-state index contributed by atoms with van der Waals surface area (Å²) in [6.07, 6.45) is 1.37. The highest BCUT2D eigenvalue weighted by atomic mass is 19.1. The third-order valence-corrected chi connectivity index (χ3v) is 4.62. The van der Waals surface area contributed by atoms with Gasteiger partial charge in [0.05, 0.1) is 5.56 Å². The van der Waals surface area contributed by atoms with E-state index in [9.17, 15) is 14.0 Å². The minimum Gasteiger partial charge on any atom is -0.454 e. The summed E-state index contributed by atoms with van der Waals surface area (Å²) in [4.78, 5) is 38.0. The van der Waals surface area contributed by atoms with E-state index in [0.29, 0.717) is 24.2 Å². The molecule has 2 heterocycles. The Morgan fingerprint density at radius 2 is 1.84 bits per heavy atom. The van der Waals surface area contributed by atoms with Crippen LogP contribution in [0, 0.1) is 5.82 Å². The molecule has 0 spiro atoms. The summed E-state index contributed by atoms with van der Waals surface area (Å²) in [5.41, 5.74) is 7.36. The number of anilines is 4. The molecule has 2 aromatic carbocycles. The molecule has 1 fully saturated rings. The molecule has 0 unspecified atom stereocenters. The Bertz CT molecular complexity index is 1110. The molecule has 0 aliphatic carbocycles. The Morgan fingerprint density at radius 3 is 2.52 bits per heavy atom. The van der Waals surface area contributed by atoms with Gasteiger partial charge in [-0.05, 0) is 55.0 Å². The van der Waals surface area contributed by atoms with E-state index in [4.69, 9.17) is 10.5 Å². The number of nitrogens with zero attached hydrogens (tertiary/aromatic N) is 4. The molecule has 31 heavy (non-hydrogen) atoms. The monoisotopic (exact) mass is 422 g/mol. The second kappa shape index (κ2) is 8.74. The van der Waals surface area contributed by atoms with Crippen LogP contribution in [0.1, 0.15) is 29.0 Å². The van der Waals surface area contributed by atoms with Crippen molar-refractivity contribution in [3.8, 4) is 0 Å². The van der Waals surface area contributed by atoms with Crippen molar-refractivity contribution in [3.63, 3.8) is 0 Å². The number of carbonyl (C=O) groups excluding carboxylic acids is 2. The van der Waals surface area contributed by atoms with E-state index >= 15 is 0 Å². The Labute approximate surface area is 177 Å². The molecule has 9 nitrogen and oxygen atoms in total. The van der Waals surface area contributed by atoms with Crippen LogP contribution in [0.3, 0.4) is 0 Å².